The maximum atomic E-state index is 11.7. The molecule has 0 bridgehead atoms. The highest BCUT2D eigenvalue weighted by molar-refractivity contribution is 7.90. The summed E-state index contributed by atoms with van der Waals surface area (Å²) < 4.78 is 29.6. The first-order chi connectivity index (χ1) is 14.1. The average Bonchev–Trinajstić information content (AvgIpc) is 3.10. The van der Waals surface area contributed by atoms with Crippen molar-refractivity contribution in [2.75, 3.05) is 25.9 Å². The number of hydrogen-bond donors (Lipinski definition) is 1. The molecular weight excluding hydrogens is 400 g/mol. The Morgan fingerprint density at radius 3 is 2.47 bits per heavy atom. The third-order valence-electron chi connectivity index (χ3n) is 5.99. The highest BCUT2D eigenvalue weighted by Crippen LogP contribution is 2.36. The van der Waals surface area contributed by atoms with E-state index in [0.29, 0.717) is 17.4 Å². The van der Waals surface area contributed by atoms with Crippen molar-refractivity contribution >= 4 is 9.84 Å². The van der Waals surface area contributed by atoms with Gasteiger partial charge in [-0.1, -0.05) is 12.1 Å². The van der Waals surface area contributed by atoms with Crippen LogP contribution >= 0.6 is 0 Å². The number of ether oxygens (including phenoxy) is 1. The first-order valence-electron chi connectivity index (χ1n) is 10.5. The van der Waals surface area contributed by atoms with Crippen molar-refractivity contribution in [3.8, 4) is 17.0 Å². The smallest absolute Gasteiger partial charge is 0.175 e. The second-order valence-corrected chi connectivity index (χ2v) is 11.3. The molecule has 0 saturated carbocycles. The molecule has 6 nitrogen and oxygen atoms in total. The summed E-state index contributed by atoms with van der Waals surface area (Å²) in [6.07, 6.45) is 6.20. The molecule has 0 amide bonds. The van der Waals surface area contributed by atoms with E-state index in [1.54, 1.807) is 30.5 Å². The Morgan fingerprint density at radius 1 is 1.20 bits per heavy atom. The first-order valence-corrected chi connectivity index (χ1v) is 12.4. The van der Waals surface area contributed by atoms with Crippen molar-refractivity contribution in [2.45, 2.75) is 49.7 Å². The van der Waals surface area contributed by atoms with Gasteiger partial charge in [0, 0.05) is 30.3 Å². The number of fused-ring (bicyclic) bond motifs is 1. The summed E-state index contributed by atoms with van der Waals surface area (Å²) in [5, 5.41) is 10.0. The molecular formula is C23H30N2O4S. The lowest BCUT2D eigenvalue weighted by Crippen LogP contribution is -2.45. The van der Waals surface area contributed by atoms with Crippen LogP contribution in [-0.4, -0.2) is 61.0 Å². The summed E-state index contributed by atoms with van der Waals surface area (Å²) in [7, 11) is -3.20. The molecule has 2 aromatic rings. The molecule has 1 unspecified atom stereocenters. The molecule has 30 heavy (non-hydrogen) atoms. The second-order valence-electron chi connectivity index (χ2n) is 9.26. The van der Waals surface area contributed by atoms with Crippen LogP contribution in [0.3, 0.4) is 0 Å². The summed E-state index contributed by atoms with van der Waals surface area (Å²) in [4.78, 5) is 7.18. The van der Waals surface area contributed by atoms with E-state index in [1.807, 2.05) is 13.8 Å². The Hall–Kier alpha value is -1.96. The SMILES string of the molecule is CC(C)(O)CN1CCC(C2Cc3cc(-c4ccc(S(C)(=O)=O)cc4)ncc3O2)CC1. The number of sulfone groups is 1. The van der Waals surface area contributed by atoms with Crippen LogP contribution in [0.5, 0.6) is 5.75 Å². The van der Waals surface area contributed by atoms with Gasteiger partial charge in [-0.2, -0.15) is 0 Å². The van der Waals surface area contributed by atoms with Gasteiger partial charge in [-0.3, -0.25) is 4.98 Å². The predicted molar refractivity (Wildman–Crippen MR) is 116 cm³/mol. The Kier molecular flexibility index (Phi) is 5.64. The molecule has 0 radical (unpaired) electrons. The molecule has 0 aliphatic carbocycles. The fourth-order valence-corrected chi connectivity index (χ4v) is 5.13. The molecule has 1 aromatic heterocycles. The van der Waals surface area contributed by atoms with E-state index < -0.39 is 15.4 Å². The standard InChI is InChI=1S/C23H30N2O4S/c1-23(2,26)15-25-10-8-17(9-11-25)21-13-18-12-20(24-14-22(18)29-21)16-4-6-19(7-5-16)30(3,27)28/h4-7,12,14,17,21,26H,8-11,13,15H2,1-3H3. The summed E-state index contributed by atoms with van der Waals surface area (Å²) in [5.41, 5.74) is 2.23. The van der Waals surface area contributed by atoms with Gasteiger partial charge in [0.05, 0.1) is 22.4 Å². The molecule has 2 aliphatic rings. The van der Waals surface area contributed by atoms with Gasteiger partial charge >= 0.3 is 0 Å². The van der Waals surface area contributed by atoms with E-state index in [0.717, 1.165) is 54.9 Å². The van der Waals surface area contributed by atoms with Crippen molar-refractivity contribution in [2.24, 2.45) is 5.92 Å². The van der Waals surface area contributed by atoms with Gasteiger partial charge in [0.15, 0.2) is 9.84 Å². The number of piperidine rings is 1. The number of likely N-dealkylation sites (tertiary alicyclic amines) is 1. The zero-order valence-electron chi connectivity index (χ0n) is 17.8. The maximum absolute atomic E-state index is 11.7. The normalized spacial score (nSPS) is 20.7. The van der Waals surface area contributed by atoms with E-state index >= 15 is 0 Å². The van der Waals surface area contributed by atoms with Gasteiger partial charge in [0.25, 0.3) is 0 Å². The van der Waals surface area contributed by atoms with Crippen molar-refractivity contribution in [3.05, 3.63) is 42.1 Å². The number of benzene rings is 1. The molecule has 2 aliphatic heterocycles. The van der Waals surface area contributed by atoms with Crippen molar-refractivity contribution < 1.29 is 18.3 Å². The van der Waals surface area contributed by atoms with Gasteiger partial charge < -0.3 is 14.7 Å². The number of β-amino-alcohol motifs (C(OH)–C–C–N with tert-alkyl or cyclic N) is 1. The number of nitrogens with zero attached hydrogens (tertiary/aromatic N) is 2. The minimum atomic E-state index is -3.20. The fourth-order valence-electron chi connectivity index (χ4n) is 4.50. The average molecular weight is 431 g/mol. The molecule has 162 valence electrons. The molecule has 3 heterocycles. The van der Waals surface area contributed by atoms with E-state index in [4.69, 9.17) is 4.74 Å². The van der Waals surface area contributed by atoms with Crippen molar-refractivity contribution in [1.82, 2.24) is 9.88 Å². The summed E-state index contributed by atoms with van der Waals surface area (Å²) in [5.74, 6) is 1.36. The van der Waals surface area contributed by atoms with E-state index in [-0.39, 0.29) is 6.10 Å². The first kappa shape index (κ1) is 21.3. The van der Waals surface area contributed by atoms with E-state index in [1.165, 1.54) is 6.26 Å². The van der Waals surface area contributed by atoms with Crippen LogP contribution in [0.1, 0.15) is 32.3 Å². The molecule has 1 saturated heterocycles. The van der Waals surface area contributed by atoms with Crippen LogP contribution < -0.4 is 4.74 Å². The molecule has 4 rings (SSSR count). The minimum absolute atomic E-state index is 0.175. The summed E-state index contributed by atoms with van der Waals surface area (Å²) in [6, 6.07) is 8.92. The van der Waals surface area contributed by atoms with E-state index in [2.05, 4.69) is 16.0 Å². The zero-order valence-corrected chi connectivity index (χ0v) is 18.7. The maximum Gasteiger partial charge on any atom is 0.175 e. The summed E-state index contributed by atoms with van der Waals surface area (Å²) >= 11 is 0. The van der Waals surface area contributed by atoms with Gasteiger partial charge in [0.2, 0.25) is 0 Å². The van der Waals surface area contributed by atoms with Crippen molar-refractivity contribution in [3.63, 3.8) is 0 Å². The number of aliphatic hydroxyl groups is 1. The molecule has 1 N–H and O–H groups in total. The number of rotatable bonds is 5. The molecule has 0 spiro atoms. The quantitative estimate of drug-likeness (QED) is 0.786. The molecule has 7 heteroatoms. The highest BCUT2D eigenvalue weighted by Gasteiger charge is 2.34. The molecule has 1 aromatic carbocycles. The lowest BCUT2D eigenvalue weighted by atomic mass is 9.88. The molecule has 1 fully saturated rings. The van der Waals surface area contributed by atoms with Crippen LogP contribution in [0, 0.1) is 5.92 Å². The predicted octanol–water partition coefficient (Wildman–Crippen LogP) is 2.94. The Balaban J connectivity index is 1.41. The van der Waals surface area contributed by atoms with Crippen LogP contribution in [-0.2, 0) is 16.3 Å². The second kappa shape index (κ2) is 7.94. The van der Waals surface area contributed by atoms with Crippen LogP contribution in [0.25, 0.3) is 11.3 Å². The van der Waals surface area contributed by atoms with Crippen molar-refractivity contribution in [1.29, 1.82) is 0 Å². The van der Waals surface area contributed by atoms with Crippen LogP contribution in [0.4, 0.5) is 0 Å². The van der Waals surface area contributed by atoms with E-state index in [9.17, 15) is 13.5 Å². The third kappa shape index (κ3) is 4.85. The van der Waals surface area contributed by atoms with Gasteiger partial charge in [-0.15, -0.1) is 0 Å². The lowest BCUT2D eigenvalue weighted by molar-refractivity contribution is 0.0143. The van der Waals surface area contributed by atoms with Crippen LogP contribution in [0.15, 0.2) is 41.4 Å². The number of hydrogen-bond acceptors (Lipinski definition) is 6. The Morgan fingerprint density at radius 2 is 1.87 bits per heavy atom. The van der Waals surface area contributed by atoms with Crippen LogP contribution in [0.2, 0.25) is 0 Å². The number of aromatic nitrogens is 1. The Bertz CT molecular complexity index is 1000. The monoisotopic (exact) mass is 430 g/mol. The van der Waals surface area contributed by atoms with Gasteiger partial charge in [-0.25, -0.2) is 8.42 Å². The van der Waals surface area contributed by atoms with Gasteiger partial charge in [-0.05, 0) is 63.9 Å². The number of pyridine rings is 1. The minimum Gasteiger partial charge on any atom is -0.488 e. The fraction of sp³-hybridized carbons (Fsp3) is 0.522. The highest BCUT2D eigenvalue weighted by atomic mass is 32.2. The summed E-state index contributed by atoms with van der Waals surface area (Å²) in [6.45, 7) is 6.39. The van der Waals surface area contributed by atoms with Gasteiger partial charge in [0.1, 0.15) is 11.9 Å². The molecule has 1 atom stereocenters. The largest absolute Gasteiger partial charge is 0.488 e. The Labute approximate surface area is 178 Å². The topological polar surface area (TPSA) is 79.7 Å². The lowest BCUT2D eigenvalue weighted by Gasteiger charge is -2.36. The third-order valence-corrected chi connectivity index (χ3v) is 7.12. The zero-order chi connectivity index (χ0) is 21.5.